The van der Waals surface area contributed by atoms with Crippen LogP contribution in [0, 0.1) is 13.8 Å². The average molecular weight is 300 g/mol. The SMILES string of the molecule is Cc1cc(C)n(CC(=O)N(CCCN)Cc2ccccc2)n1. The van der Waals surface area contributed by atoms with Crippen molar-refractivity contribution in [1.82, 2.24) is 14.7 Å². The Morgan fingerprint density at radius 2 is 2.00 bits per heavy atom. The number of nitrogens with zero attached hydrogens (tertiary/aromatic N) is 3. The summed E-state index contributed by atoms with van der Waals surface area (Å²) in [6.07, 6.45) is 0.801. The maximum Gasteiger partial charge on any atom is 0.244 e. The van der Waals surface area contributed by atoms with Crippen molar-refractivity contribution in [1.29, 1.82) is 0 Å². The van der Waals surface area contributed by atoms with Crippen LogP contribution in [-0.2, 0) is 17.9 Å². The molecule has 1 aromatic carbocycles. The van der Waals surface area contributed by atoms with Gasteiger partial charge < -0.3 is 10.6 Å². The standard InChI is InChI=1S/C17H24N4O/c1-14-11-15(2)21(19-14)13-17(22)20(10-6-9-18)12-16-7-4-3-5-8-16/h3-5,7-8,11H,6,9-10,12-13,18H2,1-2H3. The lowest BCUT2D eigenvalue weighted by Gasteiger charge is -2.23. The molecule has 0 bridgehead atoms. The summed E-state index contributed by atoms with van der Waals surface area (Å²) >= 11 is 0. The minimum Gasteiger partial charge on any atom is -0.337 e. The van der Waals surface area contributed by atoms with Gasteiger partial charge in [-0.1, -0.05) is 30.3 Å². The van der Waals surface area contributed by atoms with Crippen LogP contribution in [0.4, 0.5) is 0 Å². The van der Waals surface area contributed by atoms with Crippen LogP contribution in [0.25, 0.3) is 0 Å². The summed E-state index contributed by atoms with van der Waals surface area (Å²) in [7, 11) is 0. The monoisotopic (exact) mass is 300 g/mol. The normalized spacial score (nSPS) is 10.7. The average Bonchev–Trinajstić information content (AvgIpc) is 2.82. The van der Waals surface area contributed by atoms with Gasteiger partial charge in [0.2, 0.25) is 5.91 Å². The van der Waals surface area contributed by atoms with E-state index in [9.17, 15) is 4.79 Å². The molecule has 1 heterocycles. The molecule has 2 rings (SSSR count). The number of hydrogen-bond acceptors (Lipinski definition) is 3. The zero-order valence-electron chi connectivity index (χ0n) is 13.3. The maximum absolute atomic E-state index is 12.6. The molecule has 118 valence electrons. The quantitative estimate of drug-likeness (QED) is 0.849. The van der Waals surface area contributed by atoms with Crippen LogP contribution < -0.4 is 5.73 Å². The highest BCUT2D eigenvalue weighted by atomic mass is 16.2. The van der Waals surface area contributed by atoms with Gasteiger partial charge in [-0.2, -0.15) is 5.10 Å². The number of amides is 1. The Bertz CT molecular complexity index is 606. The fourth-order valence-corrected chi connectivity index (χ4v) is 2.44. The van der Waals surface area contributed by atoms with E-state index in [2.05, 4.69) is 5.10 Å². The number of nitrogens with two attached hydrogens (primary N) is 1. The van der Waals surface area contributed by atoms with Gasteiger partial charge in [-0.05, 0) is 38.4 Å². The van der Waals surface area contributed by atoms with E-state index in [0.29, 0.717) is 19.6 Å². The molecular weight excluding hydrogens is 276 g/mol. The zero-order valence-corrected chi connectivity index (χ0v) is 13.3. The van der Waals surface area contributed by atoms with Gasteiger partial charge in [0.25, 0.3) is 0 Å². The van der Waals surface area contributed by atoms with Crippen molar-refractivity contribution in [3.05, 3.63) is 53.3 Å². The van der Waals surface area contributed by atoms with Gasteiger partial charge in [-0.25, -0.2) is 0 Å². The molecule has 1 aromatic heterocycles. The van der Waals surface area contributed by atoms with E-state index in [1.807, 2.05) is 55.1 Å². The molecule has 2 aromatic rings. The number of aromatic nitrogens is 2. The van der Waals surface area contributed by atoms with Crippen molar-refractivity contribution in [2.75, 3.05) is 13.1 Å². The second-order valence-electron chi connectivity index (χ2n) is 5.53. The molecule has 0 radical (unpaired) electrons. The molecule has 1 amide bonds. The van der Waals surface area contributed by atoms with Gasteiger partial charge in [0.1, 0.15) is 6.54 Å². The van der Waals surface area contributed by atoms with Crippen LogP contribution >= 0.6 is 0 Å². The number of benzene rings is 1. The number of aryl methyl sites for hydroxylation is 2. The summed E-state index contributed by atoms with van der Waals surface area (Å²) in [5.74, 6) is 0.0727. The molecule has 0 aliphatic rings. The smallest absolute Gasteiger partial charge is 0.244 e. The molecule has 0 fully saturated rings. The van der Waals surface area contributed by atoms with E-state index in [0.717, 1.165) is 23.4 Å². The fraction of sp³-hybridized carbons (Fsp3) is 0.412. The maximum atomic E-state index is 12.6. The first-order valence-electron chi connectivity index (χ1n) is 7.63. The second-order valence-corrected chi connectivity index (χ2v) is 5.53. The Morgan fingerprint density at radius 1 is 1.27 bits per heavy atom. The van der Waals surface area contributed by atoms with E-state index in [-0.39, 0.29) is 12.5 Å². The van der Waals surface area contributed by atoms with Crippen LogP contribution in [0.2, 0.25) is 0 Å². The minimum absolute atomic E-state index is 0.0727. The van der Waals surface area contributed by atoms with Crippen molar-refractivity contribution in [3.63, 3.8) is 0 Å². The van der Waals surface area contributed by atoms with Crippen LogP contribution in [0.5, 0.6) is 0 Å². The van der Waals surface area contributed by atoms with Crippen molar-refractivity contribution < 1.29 is 4.79 Å². The lowest BCUT2D eigenvalue weighted by Crippen LogP contribution is -2.35. The van der Waals surface area contributed by atoms with E-state index in [1.165, 1.54) is 0 Å². The molecule has 0 unspecified atom stereocenters. The van der Waals surface area contributed by atoms with Crippen LogP contribution in [0.15, 0.2) is 36.4 Å². The second kappa shape index (κ2) is 7.75. The molecule has 2 N–H and O–H groups in total. The van der Waals surface area contributed by atoms with Crippen molar-refractivity contribution in [2.45, 2.75) is 33.4 Å². The lowest BCUT2D eigenvalue weighted by atomic mass is 10.2. The van der Waals surface area contributed by atoms with Crippen molar-refractivity contribution >= 4 is 5.91 Å². The third-order valence-corrected chi connectivity index (χ3v) is 3.59. The van der Waals surface area contributed by atoms with E-state index < -0.39 is 0 Å². The highest BCUT2D eigenvalue weighted by molar-refractivity contribution is 5.76. The molecule has 0 atom stereocenters. The fourth-order valence-electron chi connectivity index (χ4n) is 2.44. The molecule has 0 saturated heterocycles. The number of hydrogen-bond donors (Lipinski definition) is 1. The van der Waals surface area contributed by atoms with Crippen LogP contribution in [-0.4, -0.2) is 33.7 Å². The Morgan fingerprint density at radius 3 is 2.59 bits per heavy atom. The summed E-state index contributed by atoms with van der Waals surface area (Å²) in [4.78, 5) is 14.5. The van der Waals surface area contributed by atoms with E-state index in [4.69, 9.17) is 5.73 Å². The van der Waals surface area contributed by atoms with Gasteiger partial charge >= 0.3 is 0 Å². The topological polar surface area (TPSA) is 64.2 Å². The van der Waals surface area contributed by atoms with Gasteiger partial charge in [-0.3, -0.25) is 9.48 Å². The molecule has 0 saturated carbocycles. The predicted octanol–water partition coefficient (Wildman–Crippen LogP) is 1.88. The van der Waals surface area contributed by atoms with Gasteiger partial charge in [0.15, 0.2) is 0 Å². The lowest BCUT2D eigenvalue weighted by molar-refractivity contribution is -0.132. The molecule has 5 heteroatoms. The summed E-state index contributed by atoms with van der Waals surface area (Å²) in [6.45, 7) is 6.04. The summed E-state index contributed by atoms with van der Waals surface area (Å²) in [5, 5.41) is 4.36. The minimum atomic E-state index is 0.0727. The Kier molecular flexibility index (Phi) is 5.72. The molecule has 0 spiro atoms. The summed E-state index contributed by atoms with van der Waals surface area (Å²) in [6, 6.07) is 12.0. The van der Waals surface area contributed by atoms with Crippen LogP contribution in [0.1, 0.15) is 23.4 Å². The zero-order chi connectivity index (χ0) is 15.9. The third-order valence-electron chi connectivity index (χ3n) is 3.59. The number of rotatable bonds is 7. The van der Waals surface area contributed by atoms with Crippen LogP contribution in [0.3, 0.4) is 0 Å². The van der Waals surface area contributed by atoms with E-state index >= 15 is 0 Å². The Hall–Kier alpha value is -2.14. The van der Waals surface area contributed by atoms with Gasteiger partial charge in [0.05, 0.1) is 5.69 Å². The largest absolute Gasteiger partial charge is 0.337 e. The van der Waals surface area contributed by atoms with E-state index in [1.54, 1.807) is 4.68 Å². The molecule has 5 nitrogen and oxygen atoms in total. The predicted molar refractivity (Wildman–Crippen MR) is 87.2 cm³/mol. The summed E-state index contributed by atoms with van der Waals surface area (Å²) in [5.41, 5.74) is 8.66. The van der Waals surface area contributed by atoms with Crippen molar-refractivity contribution in [3.8, 4) is 0 Å². The molecule has 0 aliphatic carbocycles. The Labute approximate surface area is 131 Å². The molecular formula is C17H24N4O. The first-order chi connectivity index (χ1) is 10.6. The Balaban J connectivity index is 2.07. The number of carbonyl (C=O) groups is 1. The highest BCUT2D eigenvalue weighted by Gasteiger charge is 2.15. The first-order valence-corrected chi connectivity index (χ1v) is 7.63. The van der Waals surface area contributed by atoms with Gasteiger partial charge in [-0.15, -0.1) is 0 Å². The number of carbonyl (C=O) groups excluding carboxylic acids is 1. The highest BCUT2D eigenvalue weighted by Crippen LogP contribution is 2.08. The third kappa shape index (κ3) is 4.43. The van der Waals surface area contributed by atoms with Gasteiger partial charge in [0, 0.05) is 18.8 Å². The molecule has 22 heavy (non-hydrogen) atoms. The van der Waals surface area contributed by atoms with Crippen molar-refractivity contribution in [2.24, 2.45) is 5.73 Å². The first kappa shape index (κ1) is 16.2. The summed E-state index contributed by atoms with van der Waals surface area (Å²) < 4.78 is 1.76. The molecule has 0 aliphatic heterocycles.